The van der Waals surface area contributed by atoms with E-state index in [9.17, 15) is 0 Å². The summed E-state index contributed by atoms with van der Waals surface area (Å²) in [4.78, 5) is 0. The Morgan fingerprint density at radius 2 is 1.75 bits per heavy atom. The van der Waals surface area contributed by atoms with Crippen molar-refractivity contribution in [3.8, 4) is 0 Å². The van der Waals surface area contributed by atoms with Crippen LogP contribution >= 0.6 is 0 Å². The van der Waals surface area contributed by atoms with Gasteiger partial charge in [-0.3, -0.25) is 0 Å². The minimum absolute atomic E-state index is 0.611. The van der Waals surface area contributed by atoms with Crippen molar-refractivity contribution in [1.29, 1.82) is 0 Å². The molecule has 0 unspecified atom stereocenters. The second-order valence-electron chi connectivity index (χ2n) is 2.06. The lowest BCUT2D eigenvalue weighted by molar-refractivity contribution is 0.407. The van der Waals surface area contributed by atoms with Crippen LogP contribution in [0.25, 0.3) is 0 Å². The van der Waals surface area contributed by atoms with Gasteiger partial charge in [0.1, 0.15) is 0 Å². The molecule has 0 aliphatic rings. The van der Waals surface area contributed by atoms with E-state index in [-0.39, 0.29) is 0 Å². The molecule has 0 aromatic heterocycles. The molecule has 0 spiro atoms. The summed E-state index contributed by atoms with van der Waals surface area (Å²) in [5.74, 6) is 1.22. The highest BCUT2D eigenvalue weighted by Crippen LogP contribution is 2.09. The fraction of sp³-hybridized carbons (Fsp3) is 1.00. The fourth-order valence-corrected chi connectivity index (χ4v) is 0.750. The molecule has 1 nitrogen and oxygen atoms in total. The first-order chi connectivity index (χ1) is 3.68. The topological polar surface area (TPSA) is 9.23 Å². The van der Waals surface area contributed by atoms with Crippen LogP contribution < -0.4 is 0 Å². The highest BCUT2D eigenvalue weighted by molar-refractivity contribution is 6.81. The highest BCUT2D eigenvalue weighted by atomic mass is 28.4. The summed E-state index contributed by atoms with van der Waals surface area (Å²) in [6, 6.07) is 0. The molecule has 0 heterocycles. The van der Waals surface area contributed by atoms with E-state index in [4.69, 9.17) is 20.1 Å². The molecule has 0 amide bonds. The van der Waals surface area contributed by atoms with Crippen LogP contribution in [0.5, 0.6) is 0 Å². The summed E-state index contributed by atoms with van der Waals surface area (Å²) in [7, 11) is 10.8. The second-order valence-corrected chi connectivity index (χ2v) is 6.19. The predicted octanol–water partition coefficient (Wildman–Crippen LogP) is 0.460. The van der Waals surface area contributed by atoms with Crippen molar-refractivity contribution in [3.05, 3.63) is 0 Å². The van der Waals surface area contributed by atoms with Gasteiger partial charge >= 0.3 is 0 Å². The normalized spacial score (nSPS) is 11.8. The molecule has 0 aliphatic carbocycles. The summed E-state index contributed by atoms with van der Waals surface area (Å²) in [5.41, 5.74) is 0. The summed E-state index contributed by atoms with van der Waals surface area (Å²) < 4.78 is 5.12. The molecule has 0 atom stereocenters. The molecule has 42 valence electrons. The van der Waals surface area contributed by atoms with Gasteiger partial charge in [-0.25, -0.2) is 0 Å². The van der Waals surface area contributed by atoms with Gasteiger partial charge in [0.25, 0.3) is 0 Å². The summed E-state index contributed by atoms with van der Waals surface area (Å²) in [5, 5.41) is 0. The fourth-order valence-electron chi connectivity index (χ4n) is 0.250. The van der Waals surface area contributed by atoms with E-state index in [0.717, 1.165) is 0 Å². The third-order valence-electron chi connectivity index (χ3n) is 1.36. The van der Waals surface area contributed by atoms with Gasteiger partial charge in [-0.05, 0) is 6.55 Å². The largest absolute Gasteiger partial charge is 0.422 e. The molecule has 4 heteroatoms. The lowest BCUT2D eigenvalue weighted by atomic mass is 10.2. The van der Waals surface area contributed by atoms with Crippen molar-refractivity contribution in [3.63, 3.8) is 0 Å². The zero-order valence-electron chi connectivity index (χ0n) is 5.48. The zero-order valence-corrected chi connectivity index (χ0v) is 6.48. The minimum Gasteiger partial charge on any atom is -0.422 e. The Balaban J connectivity index is 3.58. The molecular formula is C4H10B2OSi. The summed E-state index contributed by atoms with van der Waals surface area (Å²) >= 11 is 0. The predicted molar refractivity (Wildman–Crippen MR) is 39.7 cm³/mol. The molecule has 0 aromatic carbocycles. The van der Waals surface area contributed by atoms with Gasteiger partial charge in [0.2, 0.25) is 0 Å². The second kappa shape index (κ2) is 3.36. The maximum absolute atomic E-state index is 5.38. The van der Waals surface area contributed by atoms with Crippen LogP contribution in [0.3, 0.4) is 0 Å². The Morgan fingerprint density at radius 1 is 1.38 bits per heavy atom. The maximum Gasteiger partial charge on any atom is 0.172 e. The Hall–Kier alpha value is 0.307. The van der Waals surface area contributed by atoms with Crippen molar-refractivity contribution in [2.75, 3.05) is 7.11 Å². The highest BCUT2D eigenvalue weighted by Gasteiger charge is 2.20. The lowest BCUT2D eigenvalue weighted by Gasteiger charge is -2.21. The van der Waals surface area contributed by atoms with Crippen LogP contribution in [-0.2, 0) is 4.43 Å². The number of rotatable bonds is 3. The van der Waals surface area contributed by atoms with Gasteiger partial charge in [-0.2, -0.15) is 0 Å². The first-order valence-corrected chi connectivity index (χ1v) is 5.46. The van der Waals surface area contributed by atoms with Crippen molar-refractivity contribution in [2.45, 2.75) is 18.4 Å². The maximum atomic E-state index is 5.38. The monoisotopic (exact) mass is 124 g/mol. The van der Waals surface area contributed by atoms with Crippen LogP contribution in [0.4, 0.5) is 0 Å². The average Bonchev–Trinajstić information content (AvgIpc) is 1.87. The zero-order chi connectivity index (χ0) is 6.62. The number of hydrogen-bond donors (Lipinski definition) is 0. The van der Waals surface area contributed by atoms with Gasteiger partial charge in [0, 0.05) is 7.11 Å². The quantitative estimate of drug-likeness (QED) is 0.496. The van der Waals surface area contributed by atoms with Crippen LogP contribution in [0, 0.1) is 0 Å². The van der Waals surface area contributed by atoms with E-state index in [1.54, 1.807) is 7.11 Å². The first-order valence-electron chi connectivity index (χ1n) is 2.64. The molecule has 4 radical (unpaired) electrons. The van der Waals surface area contributed by atoms with Crippen LogP contribution in [0.1, 0.15) is 0 Å². The standard InChI is InChI=1S/C4H10B2OSi/c1-7-8(2,3-5)4-6/h3-4H2,1-2H3. The van der Waals surface area contributed by atoms with Crippen molar-refractivity contribution in [1.82, 2.24) is 0 Å². The van der Waals surface area contributed by atoms with E-state index >= 15 is 0 Å². The average molecular weight is 124 g/mol. The molecule has 0 aromatic rings. The van der Waals surface area contributed by atoms with E-state index in [0.29, 0.717) is 11.9 Å². The first kappa shape index (κ1) is 8.31. The van der Waals surface area contributed by atoms with Crippen molar-refractivity contribution < 1.29 is 4.43 Å². The molecule has 0 N–H and O–H groups in total. The SMILES string of the molecule is [B]C[Si](C)(C[B])OC. The van der Waals surface area contributed by atoms with E-state index in [1.807, 2.05) is 6.55 Å². The van der Waals surface area contributed by atoms with E-state index in [2.05, 4.69) is 0 Å². The number of hydrogen-bond acceptors (Lipinski definition) is 1. The molecule has 0 saturated heterocycles. The van der Waals surface area contributed by atoms with Crippen LogP contribution in [0.2, 0.25) is 18.4 Å². The Bertz CT molecular complexity index is 56.8. The van der Waals surface area contributed by atoms with Gasteiger partial charge in [0.15, 0.2) is 8.32 Å². The third kappa shape index (κ3) is 2.05. The van der Waals surface area contributed by atoms with Crippen molar-refractivity contribution in [2.24, 2.45) is 0 Å². The summed E-state index contributed by atoms with van der Waals surface area (Å²) in [6.07, 6.45) is 0. The Kier molecular flexibility index (Phi) is 3.48. The van der Waals surface area contributed by atoms with Crippen LogP contribution in [0.15, 0.2) is 0 Å². The van der Waals surface area contributed by atoms with Crippen LogP contribution in [-0.4, -0.2) is 31.1 Å². The molecule has 0 fully saturated rings. The molecule has 0 aliphatic heterocycles. The third-order valence-corrected chi connectivity index (χ3v) is 4.07. The van der Waals surface area contributed by atoms with Crippen molar-refractivity contribution >= 4 is 24.0 Å². The molecule has 8 heavy (non-hydrogen) atoms. The van der Waals surface area contributed by atoms with Gasteiger partial charge in [0.05, 0.1) is 15.7 Å². The van der Waals surface area contributed by atoms with Gasteiger partial charge in [-0.1, -0.05) is 11.9 Å². The molecule has 0 saturated carbocycles. The lowest BCUT2D eigenvalue weighted by Crippen LogP contribution is -2.32. The molecular weight excluding hydrogens is 114 g/mol. The minimum atomic E-state index is -1.62. The molecule has 0 bridgehead atoms. The smallest absolute Gasteiger partial charge is 0.172 e. The summed E-state index contributed by atoms with van der Waals surface area (Å²) in [6.45, 7) is 2.02. The molecule has 0 rings (SSSR count). The van der Waals surface area contributed by atoms with E-state index < -0.39 is 8.32 Å². The Morgan fingerprint density at radius 3 is 1.75 bits per heavy atom. The van der Waals surface area contributed by atoms with Gasteiger partial charge in [-0.15, -0.1) is 0 Å². The Labute approximate surface area is 54.8 Å². The van der Waals surface area contributed by atoms with Gasteiger partial charge < -0.3 is 4.43 Å². The van der Waals surface area contributed by atoms with E-state index in [1.165, 1.54) is 0 Å².